The summed E-state index contributed by atoms with van der Waals surface area (Å²) in [4.78, 5) is 31.7. The van der Waals surface area contributed by atoms with Gasteiger partial charge in [0.25, 0.3) is 11.8 Å². The summed E-state index contributed by atoms with van der Waals surface area (Å²) in [7, 11) is 0. The number of anilines is 2. The number of rotatable bonds is 7. The number of nitrogens with one attached hydrogen (secondary N) is 2. The Morgan fingerprint density at radius 2 is 1.86 bits per heavy atom. The molecule has 0 atom stereocenters. The van der Waals surface area contributed by atoms with Crippen molar-refractivity contribution in [2.24, 2.45) is 5.41 Å². The minimum atomic E-state index is -0.493. The summed E-state index contributed by atoms with van der Waals surface area (Å²) in [6.07, 6.45) is 3.86. The maximum absolute atomic E-state index is 14.3. The molecule has 0 spiro atoms. The Bertz CT molecular complexity index is 1280. The van der Waals surface area contributed by atoms with Crippen LogP contribution in [0.15, 0.2) is 36.7 Å². The Balaban J connectivity index is 1.47. The van der Waals surface area contributed by atoms with Gasteiger partial charge in [0.2, 0.25) is 0 Å². The van der Waals surface area contributed by atoms with Gasteiger partial charge >= 0.3 is 0 Å². The summed E-state index contributed by atoms with van der Waals surface area (Å²) in [6.45, 7) is 11.0. The molecule has 11 heteroatoms. The van der Waals surface area contributed by atoms with Gasteiger partial charge in [-0.05, 0) is 43.0 Å². The van der Waals surface area contributed by atoms with Crippen molar-refractivity contribution in [3.63, 3.8) is 0 Å². The van der Waals surface area contributed by atoms with Crippen molar-refractivity contribution in [3.8, 4) is 5.69 Å². The zero-order valence-electron chi connectivity index (χ0n) is 21.5. The first-order valence-corrected chi connectivity index (χ1v) is 12.2. The third-order valence-electron chi connectivity index (χ3n) is 5.97. The summed E-state index contributed by atoms with van der Waals surface area (Å²) < 4.78 is 21.1. The molecule has 2 amide bonds. The van der Waals surface area contributed by atoms with E-state index < -0.39 is 11.7 Å². The van der Waals surface area contributed by atoms with Gasteiger partial charge in [0, 0.05) is 30.9 Å². The number of benzene rings is 1. The number of morpholine rings is 1. The highest BCUT2D eigenvalue weighted by atomic mass is 19.1. The van der Waals surface area contributed by atoms with Gasteiger partial charge in [0.05, 0.1) is 42.7 Å². The fourth-order valence-electron chi connectivity index (χ4n) is 3.86. The molecule has 37 heavy (non-hydrogen) atoms. The van der Waals surface area contributed by atoms with E-state index in [2.05, 4.69) is 46.7 Å². The van der Waals surface area contributed by atoms with E-state index in [1.807, 2.05) is 4.90 Å². The van der Waals surface area contributed by atoms with Crippen LogP contribution in [0.3, 0.4) is 0 Å². The minimum Gasteiger partial charge on any atom is -0.378 e. The van der Waals surface area contributed by atoms with Gasteiger partial charge in [0.15, 0.2) is 5.69 Å². The molecule has 1 aliphatic heterocycles. The van der Waals surface area contributed by atoms with Gasteiger partial charge in [-0.25, -0.2) is 9.07 Å². The predicted octanol–water partition coefficient (Wildman–Crippen LogP) is 3.36. The lowest BCUT2D eigenvalue weighted by Crippen LogP contribution is -2.36. The highest BCUT2D eigenvalue weighted by Crippen LogP contribution is 2.22. The zero-order valence-corrected chi connectivity index (χ0v) is 21.5. The molecule has 3 heterocycles. The van der Waals surface area contributed by atoms with Crippen molar-refractivity contribution < 1.29 is 18.7 Å². The van der Waals surface area contributed by atoms with E-state index in [-0.39, 0.29) is 22.6 Å². The summed E-state index contributed by atoms with van der Waals surface area (Å²) in [5.41, 5.74) is 2.68. The van der Waals surface area contributed by atoms with E-state index in [1.54, 1.807) is 19.1 Å². The fraction of sp³-hybridized carbons (Fsp3) is 0.423. The number of aromatic nitrogens is 4. The smallest absolute Gasteiger partial charge is 0.273 e. The van der Waals surface area contributed by atoms with Crippen LogP contribution < -0.4 is 15.5 Å². The molecule has 0 unspecified atom stereocenters. The number of carbonyl (C=O) groups is 2. The second kappa shape index (κ2) is 11.0. The first-order chi connectivity index (χ1) is 17.6. The highest BCUT2D eigenvalue weighted by Gasteiger charge is 2.18. The Kier molecular flexibility index (Phi) is 7.82. The van der Waals surface area contributed by atoms with Crippen molar-refractivity contribution in [1.82, 2.24) is 25.3 Å². The first-order valence-electron chi connectivity index (χ1n) is 12.2. The first kappa shape index (κ1) is 26.2. The number of nitrogens with zero attached hydrogens (tertiary/aromatic N) is 5. The summed E-state index contributed by atoms with van der Waals surface area (Å²) in [6, 6.07) is 5.95. The number of aryl methyl sites for hydroxylation is 1. The lowest BCUT2D eigenvalue weighted by atomic mass is 9.92. The van der Waals surface area contributed by atoms with E-state index in [0.717, 1.165) is 6.42 Å². The van der Waals surface area contributed by atoms with E-state index in [1.165, 1.54) is 29.2 Å². The van der Waals surface area contributed by atoms with E-state index in [0.29, 0.717) is 55.6 Å². The number of pyridine rings is 1. The quantitative estimate of drug-likeness (QED) is 0.502. The molecule has 3 aromatic rings. The van der Waals surface area contributed by atoms with Crippen molar-refractivity contribution >= 4 is 23.2 Å². The SMILES string of the molecule is Cc1ncc(NC(=O)c2cc(F)cc(N3CCOCC3)c2)cc1-n1cc(C(=O)NCCC(C)(C)C)nn1. The lowest BCUT2D eigenvalue weighted by Gasteiger charge is -2.29. The summed E-state index contributed by atoms with van der Waals surface area (Å²) >= 11 is 0. The average molecular weight is 510 g/mol. The van der Waals surface area contributed by atoms with Crippen LogP contribution in [0, 0.1) is 18.2 Å². The molecular weight excluding hydrogens is 477 g/mol. The lowest BCUT2D eigenvalue weighted by molar-refractivity contribution is 0.0943. The average Bonchev–Trinajstić information content (AvgIpc) is 3.35. The van der Waals surface area contributed by atoms with Gasteiger partial charge in [-0.15, -0.1) is 5.10 Å². The molecule has 10 nitrogen and oxygen atoms in total. The second-order valence-corrected chi connectivity index (χ2v) is 10.2. The molecule has 1 aliphatic rings. The van der Waals surface area contributed by atoms with Crippen LogP contribution in [-0.4, -0.2) is 64.6 Å². The summed E-state index contributed by atoms with van der Waals surface area (Å²) in [5.74, 6) is -1.27. The largest absolute Gasteiger partial charge is 0.378 e. The standard InChI is InChI=1S/C26H32FN7O3/c1-17-23(34-16-22(31-32-34)25(36)28-6-5-26(2,3)4)14-20(15-29-17)30-24(35)18-11-19(27)13-21(12-18)33-7-9-37-10-8-33/h11-16H,5-10H2,1-4H3,(H,28,36)(H,30,35). The van der Waals surface area contributed by atoms with Crippen molar-refractivity contribution in [2.75, 3.05) is 43.1 Å². The van der Waals surface area contributed by atoms with Crippen molar-refractivity contribution in [2.45, 2.75) is 34.1 Å². The molecule has 1 saturated heterocycles. The van der Waals surface area contributed by atoms with Crippen LogP contribution in [0.5, 0.6) is 0 Å². The number of halogens is 1. The van der Waals surface area contributed by atoms with Gasteiger partial charge in [-0.3, -0.25) is 14.6 Å². The molecule has 0 aliphatic carbocycles. The monoisotopic (exact) mass is 509 g/mol. The molecule has 196 valence electrons. The van der Waals surface area contributed by atoms with Crippen LogP contribution in [0.1, 0.15) is 53.7 Å². The Morgan fingerprint density at radius 3 is 2.59 bits per heavy atom. The van der Waals surface area contributed by atoms with Crippen LogP contribution in [0.4, 0.5) is 15.8 Å². The third kappa shape index (κ3) is 6.88. The van der Waals surface area contributed by atoms with Crippen molar-refractivity contribution in [1.29, 1.82) is 0 Å². The molecule has 2 aromatic heterocycles. The van der Waals surface area contributed by atoms with Crippen LogP contribution in [-0.2, 0) is 4.74 Å². The number of carbonyl (C=O) groups excluding carboxylic acids is 2. The summed E-state index contributed by atoms with van der Waals surface area (Å²) in [5, 5.41) is 13.7. The predicted molar refractivity (Wildman–Crippen MR) is 138 cm³/mol. The topological polar surface area (TPSA) is 114 Å². The van der Waals surface area contributed by atoms with Gasteiger partial charge < -0.3 is 20.3 Å². The van der Waals surface area contributed by atoms with Crippen LogP contribution in [0.2, 0.25) is 0 Å². The third-order valence-corrected chi connectivity index (χ3v) is 5.97. The number of amides is 2. The zero-order chi connectivity index (χ0) is 26.6. The Morgan fingerprint density at radius 1 is 1.11 bits per heavy atom. The van der Waals surface area contributed by atoms with Gasteiger partial charge in [-0.1, -0.05) is 26.0 Å². The van der Waals surface area contributed by atoms with E-state index >= 15 is 0 Å². The molecule has 0 bridgehead atoms. The minimum absolute atomic E-state index is 0.105. The van der Waals surface area contributed by atoms with Gasteiger partial charge in [0.1, 0.15) is 5.82 Å². The van der Waals surface area contributed by atoms with E-state index in [4.69, 9.17) is 4.74 Å². The number of hydrogen-bond donors (Lipinski definition) is 2. The van der Waals surface area contributed by atoms with Crippen molar-refractivity contribution in [3.05, 3.63) is 59.4 Å². The van der Waals surface area contributed by atoms with Gasteiger partial charge in [-0.2, -0.15) is 0 Å². The Hall–Kier alpha value is -3.86. The Labute approximate surface area is 215 Å². The molecular formula is C26H32FN7O3. The molecule has 4 rings (SSSR count). The highest BCUT2D eigenvalue weighted by molar-refractivity contribution is 6.05. The molecule has 1 aromatic carbocycles. The molecule has 0 radical (unpaired) electrons. The molecule has 2 N–H and O–H groups in total. The second-order valence-electron chi connectivity index (χ2n) is 10.2. The number of ether oxygens (including phenoxy) is 1. The number of hydrogen-bond acceptors (Lipinski definition) is 7. The van der Waals surface area contributed by atoms with Crippen LogP contribution in [0.25, 0.3) is 5.69 Å². The maximum Gasteiger partial charge on any atom is 0.273 e. The maximum atomic E-state index is 14.3. The van der Waals surface area contributed by atoms with E-state index in [9.17, 15) is 14.0 Å². The molecule has 0 saturated carbocycles. The fourth-order valence-corrected chi connectivity index (χ4v) is 3.86. The van der Waals surface area contributed by atoms with Crippen LogP contribution >= 0.6 is 0 Å². The normalized spacial score (nSPS) is 13.9. The molecule has 1 fully saturated rings.